The fourth-order valence-electron chi connectivity index (χ4n) is 1.53. The lowest BCUT2D eigenvalue weighted by Gasteiger charge is -2.21. The second-order valence-corrected chi connectivity index (χ2v) is 6.13. The van der Waals surface area contributed by atoms with Crippen LogP contribution in [0.25, 0.3) is 0 Å². The largest absolute Gasteiger partial charge is 0.399 e. The van der Waals surface area contributed by atoms with Gasteiger partial charge in [-0.1, -0.05) is 6.07 Å². The third kappa shape index (κ3) is 3.54. The van der Waals surface area contributed by atoms with Crippen LogP contribution in [0, 0.1) is 0 Å². The molecule has 4 heteroatoms. The zero-order chi connectivity index (χ0) is 10.5. The van der Waals surface area contributed by atoms with E-state index in [0.29, 0.717) is 0 Å². The SMILES string of the molecule is Nc1cccc(NCC2CSCCS2)c1. The summed E-state index contributed by atoms with van der Waals surface area (Å²) < 4.78 is 0. The zero-order valence-corrected chi connectivity index (χ0v) is 10.2. The normalized spacial score (nSPS) is 21.2. The number of thioether (sulfide) groups is 2. The second-order valence-electron chi connectivity index (χ2n) is 3.57. The van der Waals surface area contributed by atoms with Crippen molar-refractivity contribution in [1.82, 2.24) is 0 Å². The van der Waals surface area contributed by atoms with Crippen LogP contribution in [-0.4, -0.2) is 29.1 Å². The number of nitrogens with one attached hydrogen (secondary N) is 1. The highest BCUT2D eigenvalue weighted by molar-refractivity contribution is 8.06. The molecule has 1 fully saturated rings. The Balaban J connectivity index is 1.81. The molecule has 0 saturated carbocycles. The van der Waals surface area contributed by atoms with Gasteiger partial charge in [-0.2, -0.15) is 23.5 Å². The zero-order valence-electron chi connectivity index (χ0n) is 8.61. The van der Waals surface area contributed by atoms with Crippen LogP contribution in [0.15, 0.2) is 24.3 Å². The van der Waals surface area contributed by atoms with Gasteiger partial charge in [-0.25, -0.2) is 0 Å². The summed E-state index contributed by atoms with van der Waals surface area (Å²) in [7, 11) is 0. The van der Waals surface area contributed by atoms with Crippen molar-refractivity contribution in [2.45, 2.75) is 5.25 Å². The summed E-state index contributed by atoms with van der Waals surface area (Å²) in [5.74, 6) is 3.85. The molecule has 82 valence electrons. The van der Waals surface area contributed by atoms with Crippen LogP contribution < -0.4 is 11.1 Å². The highest BCUT2D eigenvalue weighted by Crippen LogP contribution is 2.24. The van der Waals surface area contributed by atoms with Crippen molar-refractivity contribution in [3.63, 3.8) is 0 Å². The van der Waals surface area contributed by atoms with Crippen LogP contribution in [0.5, 0.6) is 0 Å². The maximum Gasteiger partial charge on any atom is 0.0361 e. The first-order valence-corrected chi connectivity index (χ1v) is 7.34. The third-order valence-corrected chi connectivity index (χ3v) is 5.15. The van der Waals surface area contributed by atoms with Gasteiger partial charge in [0.15, 0.2) is 0 Å². The highest BCUT2D eigenvalue weighted by atomic mass is 32.2. The quantitative estimate of drug-likeness (QED) is 0.796. The second kappa shape index (κ2) is 5.56. The fourth-order valence-corrected chi connectivity index (χ4v) is 4.15. The first-order chi connectivity index (χ1) is 7.34. The van der Waals surface area contributed by atoms with Gasteiger partial charge in [0.05, 0.1) is 0 Å². The predicted molar refractivity (Wildman–Crippen MR) is 72.9 cm³/mol. The van der Waals surface area contributed by atoms with Gasteiger partial charge in [0.2, 0.25) is 0 Å². The van der Waals surface area contributed by atoms with Crippen molar-refractivity contribution in [1.29, 1.82) is 0 Å². The van der Waals surface area contributed by atoms with E-state index >= 15 is 0 Å². The Hall–Kier alpha value is -0.480. The Morgan fingerprint density at radius 3 is 3.07 bits per heavy atom. The smallest absolute Gasteiger partial charge is 0.0361 e. The standard InChI is InChI=1S/C11H16N2S2/c12-9-2-1-3-10(6-9)13-7-11-8-14-4-5-15-11/h1-3,6,11,13H,4-5,7-8,12H2. The molecule has 1 aliphatic heterocycles. The molecule has 1 saturated heterocycles. The molecular formula is C11H16N2S2. The monoisotopic (exact) mass is 240 g/mol. The van der Waals surface area contributed by atoms with Crippen molar-refractivity contribution in [3.8, 4) is 0 Å². The van der Waals surface area contributed by atoms with E-state index in [2.05, 4.69) is 34.9 Å². The molecule has 0 radical (unpaired) electrons. The molecule has 1 unspecified atom stereocenters. The summed E-state index contributed by atoms with van der Waals surface area (Å²) >= 11 is 4.13. The Labute approximate surface area is 99.4 Å². The van der Waals surface area contributed by atoms with E-state index in [9.17, 15) is 0 Å². The van der Waals surface area contributed by atoms with Crippen LogP contribution in [0.2, 0.25) is 0 Å². The first kappa shape index (κ1) is 11.0. The lowest BCUT2D eigenvalue weighted by atomic mass is 10.3. The molecule has 1 atom stereocenters. The number of rotatable bonds is 3. The average molecular weight is 240 g/mol. The summed E-state index contributed by atoms with van der Waals surface area (Å²) in [5.41, 5.74) is 7.67. The molecule has 1 aliphatic rings. The minimum atomic E-state index is 0.741. The molecular weight excluding hydrogens is 224 g/mol. The van der Waals surface area contributed by atoms with E-state index < -0.39 is 0 Å². The van der Waals surface area contributed by atoms with Gasteiger partial charge in [-0.15, -0.1) is 0 Å². The van der Waals surface area contributed by atoms with Crippen LogP contribution in [0.1, 0.15) is 0 Å². The van der Waals surface area contributed by atoms with Gasteiger partial charge in [0, 0.05) is 40.4 Å². The minimum absolute atomic E-state index is 0.741. The van der Waals surface area contributed by atoms with Gasteiger partial charge >= 0.3 is 0 Å². The molecule has 2 rings (SSSR count). The molecule has 0 bridgehead atoms. The molecule has 1 aromatic rings. The lowest BCUT2D eigenvalue weighted by Crippen LogP contribution is -2.23. The van der Waals surface area contributed by atoms with Crippen LogP contribution in [-0.2, 0) is 0 Å². The van der Waals surface area contributed by atoms with Crippen molar-refractivity contribution in [2.24, 2.45) is 0 Å². The van der Waals surface area contributed by atoms with E-state index in [4.69, 9.17) is 5.73 Å². The molecule has 15 heavy (non-hydrogen) atoms. The number of anilines is 2. The fraction of sp³-hybridized carbons (Fsp3) is 0.455. The molecule has 1 aromatic carbocycles. The Morgan fingerprint density at radius 1 is 1.40 bits per heavy atom. The van der Waals surface area contributed by atoms with Gasteiger partial charge in [0.25, 0.3) is 0 Å². The molecule has 0 aliphatic carbocycles. The number of hydrogen-bond acceptors (Lipinski definition) is 4. The van der Waals surface area contributed by atoms with Crippen LogP contribution in [0.4, 0.5) is 11.4 Å². The molecule has 1 heterocycles. The van der Waals surface area contributed by atoms with Crippen LogP contribution >= 0.6 is 23.5 Å². The van der Waals surface area contributed by atoms with E-state index in [1.165, 1.54) is 17.3 Å². The third-order valence-electron chi connectivity index (χ3n) is 2.31. The van der Waals surface area contributed by atoms with E-state index in [1.54, 1.807) is 0 Å². The van der Waals surface area contributed by atoms with Crippen molar-refractivity contribution in [3.05, 3.63) is 24.3 Å². The molecule has 0 spiro atoms. The summed E-state index contributed by atoms with van der Waals surface area (Å²) in [5, 5.41) is 4.18. The summed E-state index contributed by atoms with van der Waals surface area (Å²) in [4.78, 5) is 0. The number of nitrogen functional groups attached to an aromatic ring is 1. The summed E-state index contributed by atoms with van der Waals surface area (Å²) in [6.45, 7) is 1.04. The van der Waals surface area contributed by atoms with Crippen molar-refractivity contribution in [2.75, 3.05) is 34.9 Å². The van der Waals surface area contributed by atoms with Gasteiger partial charge in [-0.3, -0.25) is 0 Å². The average Bonchev–Trinajstić information content (AvgIpc) is 2.28. The van der Waals surface area contributed by atoms with Crippen LogP contribution in [0.3, 0.4) is 0 Å². The predicted octanol–water partition coefficient (Wildman–Crippen LogP) is 2.53. The van der Waals surface area contributed by atoms with Crippen molar-refractivity contribution < 1.29 is 0 Å². The maximum absolute atomic E-state index is 5.72. The van der Waals surface area contributed by atoms with E-state index in [-0.39, 0.29) is 0 Å². The highest BCUT2D eigenvalue weighted by Gasteiger charge is 2.13. The number of benzene rings is 1. The van der Waals surface area contributed by atoms with Crippen molar-refractivity contribution >= 4 is 34.9 Å². The van der Waals surface area contributed by atoms with Gasteiger partial charge in [-0.05, 0) is 18.2 Å². The topological polar surface area (TPSA) is 38.0 Å². The number of hydrogen-bond donors (Lipinski definition) is 2. The molecule has 2 nitrogen and oxygen atoms in total. The maximum atomic E-state index is 5.72. The van der Waals surface area contributed by atoms with E-state index in [0.717, 1.165) is 23.2 Å². The summed E-state index contributed by atoms with van der Waals surface area (Å²) in [6.07, 6.45) is 0. The Morgan fingerprint density at radius 2 is 2.33 bits per heavy atom. The molecule has 3 N–H and O–H groups in total. The summed E-state index contributed by atoms with van der Waals surface area (Å²) in [6, 6.07) is 7.95. The van der Waals surface area contributed by atoms with Gasteiger partial charge in [0.1, 0.15) is 0 Å². The lowest BCUT2D eigenvalue weighted by molar-refractivity contribution is 1.00. The Bertz CT molecular complexity index is 311. The molecule has 0 aromatic heterocycles. The first-order valence-electron chi connectivity index (χ1n) is 5.13. The molecule has 0 amide bonds. The van der Waals surface area contributed by atoms with E-state index in [1.807, 2.05) is 18.2 Å². The van der Waals surface area contributed by atoms with Gasteiger partial charge < -0.3 is 11.1 Å². The Kier molecular flexibility index (Phi) is 4.09. The minimum Gasteiger partial charge on any atom is -0.399 e. The number of nitrogens with two attached hydrogens (primary N) is 1.